The van der Waals surface area contributed by atoms with E-state index in [1.54, 1.807) is 4.31 Å². The highest BCUT2D eigenvalue weighted by atomic mass is 32.2. The van der Waals surface area contributed by atoms with E-state index in [9.17, 15) is 8.42 Å². The number of hydrogen-bond donors (Lipinski definition) is 1. The summed E-state index contributed by atoms with van der Waals surface area (Å²) in [5, 5.41) is 3.34. The van der Waals surface area contributed by atoms with Gasteiger partial charge in [-0.1, -0.05) is 6.42 Å². The molecule has 2 unspecified atom stereocenters. The van der Waals surface area contributed by atoms with Crippen molar-refractivity contribution < 1.29 is 8.42 Å². The fourth-order valence-corrected chi connectivity index (χ4v) is 5.19. The minimum absolute atomic E-state index is 0.0843. The van der Waals surface area contributed by atoms with Crippen LogP contribution in [0.15, 0.2) is 0 Å². The van der Waals surface area contributed by atoms with E-state index < -0.39 is 10.0 Å². The lowest BCUT2D eigenvalue weighted by Gasteiger charge is -2.30. The summed E-state index contributed by atoms with van der Waals surface area (Å²) in [6.07, 6.45) is 4.23. The van der Waals surface area contributed by atoms with Crippen molar-refractivity contribution >= 4 is 10.0 Å². The monoisotopic (exact) mass is 289 g/mol. The molecule has 0 aromatic carbocycles. The summed E-state index contributed by atoms with van der Waals surface area (Å²) in [6.45, 7) is 5.46. The summed E-state index contributed by atoms with van der Waals surface area (Å²) in [5.74, 6) is 0.265. The smallest absolute Gasteiger partial charge is 0.215 e. The molecule has 0 aromatic rings. The van der Waals surface area contributed by atoms with Crippen LogP contribution in [0.4, 0.5) is 0 Å². The van der Waals surface area contributed by atoms with Gasteiger partial charge in [0.05, 0.1) is 5.75 Å². The van der Waals surface area contributed by atoms with Gasteiger partial charge in [-0.25, -0.2) is 8.42 Å². The van der Waals surface area contributed by atoms with Gasteiger partial charge in [-0.15, -0.1) is 0 Å². The van der Waals surface area contributed by atoms with Crippen molar-refractivity contribution in [2.75, 3.05) is 39.0 Å². The van der Waals surface area contributed by atoms with E-state index in [4.69, 9.17) is 0 Å². The lowest BCUT2D eigenvalue weighted by atomic mass is 10.1. The van der Waals surface area contributed by atoms with E-state index in [1.807, 2.05) is 6.92 Å². The molecule has 19 heavy (non-hydrogen) atoms. The SMILES string of the molecule is CC1CN(C)CCCN1S(=O)(=O)CC1CCCCN1. The predicted octanol–water partition coefficient (Wildman–Crippen LogP) is 0.484. The molecule has 0 amide bonds. The third-order valence-electron chi connectivity index (χ3n) is 4.17. The van der Waals surface area contributed by atoms with Crippen LogP contribution in [0.25, 0.3) is 0 Å². The molecule has 0 spiro atoms. The van der Waals surface area contributed by atoms with Crippen LogP contribution < -0.4 is 5.32 Å². The first-order chi connectivity index (χ1) is 8.99. The van der Waals surface area contributed by atoms with Crippen molar-refractivity contribution in [3.8, 4) is 0 Å². The molecule has 2 atom stereocenters. The fraction of sp³-hybridized carbons (Fsp3) is 1.00. The van der Waals surface area contributed by atoms with E-state index in [1.165, 1.54) is 6.42 Å². The lowest BCUT2D eigenvalue weighted by molar-refractivity contribution is 0.289. The standard InChI is InChI=1S/C13H27N3O2S/c1-12-10-15(2)8-5-9-16(12)19(17,18)11-13-6-3-4-7-14-13/h12-14H,3-11H2,1-2H3. The van der Waals surface area contributed by atoms with Gasteiger partial charge < -0.3 is 10.2 Å². The Balaban J connectivity index is 2.00. The second kappa shape index (κ2) is 6.52. The van der Waals surface area contributed by atoms with Gasteiger partial charge in [0.25, 0.3) is 0 Å². The molecular formula is C13H27N3O2S. The zero-order chi connectivity index (χ0) is 13.9. The number of hydrogen-bond acceptors (Lipinski definition) is 4. The molecule has 112 valence electrons. The Kier molecular flexibility index (Phi) is 5.22. The number of nitrogens with zero attached hydrogens (tertiary/aromatic N) is 2. The summed E-state index contributed by atoms with van der Waals surface area (Å²) in [5.41, 5.74) is 0. The first-order valence-corrected chi connectivity index (χ1v) is 9.01. The molecule has 2 saturated heterocycles. The number of piperidine rings is 1. The van der Waals surface area contributed by atoms with Gasteiger partial charge in [0.15, 0.2) is 0 Å². The summed E-state index contributed by atoms with van der Waals surface area (Å²) >= 11 is 0. The molecule has 2 aliphatic heterocycles. The molecule has 2 heterocycles. The van der Waals surface area contributed by atoms with E-state index in [0.29, 0.717) is 6.54 Å². The van der Waals surface area contributed by atoms with Crippen LogP contribution in [0.1, 0.15) is 32.6 Å². The Hall–Kier alpha value is -0.170. The first-order valence-electron chi connectivity index (χ1n) is 7.40. The largest absolute Gasteiger partial charge is 0.313 e. The Morgan fingerprint density at radius 2 is 2.00 bits per heavy atom. The minimum atomic E-state index is -3.13. The normalized spacial score (nSPS) is 32.1. The van der Waals surface area contributed by atoms with Gasteiger partial charge in [0, 0.05) is 25.2 Å². The molecule has 0 saturated carbocycles. The predicted molar refractivity (Wildman–Crippen MR) is 77.7 cm³/mol. The van der Waals surface area contributed by atoms with Crippen molar-refractivity contribution in [3.05, 3.63) is 0 Å². The quantitative estimate of drug-likeness (QED) is 0.821. The van der Waals surface area contributed by atoms with Crippen LogP contribution in [0.2, 0.25) is 0 Å². The Bertz CT molecular complexity index is 379. The average molecular weight is 289 g/mol. The van der Waals surface area contributed by atoms with Crippen molar-refractivity contribution in [2.24, 2.45) is 0 Å². The maximum atomic E-state index is 12.6. The zero-order valence-electron chi connectivity index (χ0n) is 12.1. The number of nitrogens with one attached hydrogen (secondary N) is 1. The van der Waals surface area contributed by atoms with Crippen LogP contribution in [-0.4, -0.2) is 68.7 Å². The molecule has 0 aromatic heterocycles. The number of likely N-dealkylation sites (N-methyl/N-ethyl adjacent to an activating group) is 1. The molecule has 0 bridgehead atoms. The zero-order valence-corrected chi connectivity index (χ0v) is 13.0. The molecule has 2 rings (SSSR count). The van der Waals surface area contributed by atoms with Gasteiger partial charge >= 0.3 is 0 Å². The highest BCUT2D eigenvalue weighted by Gasteiger charge is 2.32. The molecule has 6 heteroatoms. The molecule has 1 N–H and O–H groups in total. The Morgan fingerprint density at radius 1 is 1.21 bits per heavy atom. The van der Waals surface area contributed by atoms with Crippen molar-refractivity contribution in [1.29, 1.82) is 0 Å². The van der Waals surface area contributed by atoms with Crippen LogP contribution in [0, 0.1) is 0 Å². The maximum Gasteiger partial charge on any atom is 0.215 e. The van der Waals surface area contributed by atoms with E-state index in [0.717, 1.165) is 38.9 Å². The number of rotatable bonds is 3. The highest BCUT2D eigenvalue weighted by molar-refractivity contribution is 7.89. The van der Waals surface area contributed by atoms with E-state index in [-0.39, 0.29) is 17.8 Å². The van der Waals surface area contributed by atoms with Crippen molar-refractivity contribution in [3.63, 3.8) is 0 Å². The Morgan fingerprint density at radius 3 is 2.68 bits per heavy atom. The van der Waals surface area contributed by atoms with Gasteiger partial charge in [-0.05, 0) is 46.3 Å². The number of sulfonamides is 1. The van der Waals surface area contributed by atoms with Gasteiger partial charge in [0.1, 0.15) is 0 Å². The Labute approximate surface area is 117 Å². The molecular weight excluding hydrogens is 262 g/mol. The summed E-state index contributed by atoms with van der Waals surface area (Å²) in [4.78, 5) is 2.22. The molecule has 0 aliphatic carbocycles. The van der Waals surface area contributed by atoms with E-state index >= 15 is 0 Å². The third kappa shape index (κ3) is 4.15. The topological polar surface area (TPSA) is 52.7 Å². The second-order valence-electron chi connectivity index (χ2n) is 6.00. The molecule has 2 fully saturated rings. The average Bonchev–Trinajstić information content (AvgIpc) is 2.51. The molecule has 0 radical (unpaired) electrons. The summed E-state index contributed by atoms with van der Waals surface area (Å²) in [6, 6.07) is 0.230. The summed E-state index contributed by atoms with van der Waals surface area (Å²) in [7, 11) is -1.07. The minimum Gasteiger partial charge on any atom is -0.313 e. The first kappa shape index (κ1) is 15.2. The second-order valence-corrected chi connectivity index (χ2v) is 7.97. The highest BCUT2D eigenvalue weighted by Crippen LogP contribution is 2.17. The van der Waals surface area contributed by atoms with Crippen molar-refractivity contribution in [2.45, 2.75) is 44.7 Å². The maximum absolute atomic E-state index is 12.6. The molecule has 2 aliphatic rings. The van der Waals surface area contributed by atoms with Gasteiger partial charge in [-0.3, -0.25) is 0 Å². The van der Waals surface area contributed by atoms with Crippen LogP contribution in [0.3, 0.4) is 0 Å². The summed E-state index contributed by atoms with van der Waals surface area (Å²) < 4.78 is 26.9. The van der Waals surface area contributed by atoms with Crippen LogP contribution in [-0.2, 0) is 10.0 Å². The fourth-order valence-electron chi connectivity index (χ4n) is 3.18. The third-order valence-corrected chi connectivity index (χ3v) is 6.25. The van der Waals surface area contributed by atoms with E-state index in [2.05, 4.69) is 17.3 Å². The lowest BCUT2D eigenvalue weighted by Crippen LogP contribution is -2.48. The van der Waals surface area contributed by atoms with Gasteiger partial charge in [0.2, 0.25) is 10.0 Å². The molecule has 5 nitrogen and oxygen atoms in total. The van der Waals surface area contributed by atoms with Gasteiger partial charge in [-0.2, -0.15) is 4.31 Å². The van der Waals surface area contributed by atoms with Crippen molar-refractivity contribution in [1.82, 2.24) is 14.5 Å². The van der Waals surface area contributed by atoms with Crippen LogP contribution in [0.5, 0.6) is 0 Å². The van der Waals surface area contributed by atoms with Crippen LogP contribution >= 0.6 is 0 Å².